The van der Waals surface area contributed by atoms with Crippen LogP contribution >= 0.6 is 15.9 Å². The summed E-state index contributed by atoms with van der Waals surface area (Å²) in [4.78, 5) is 0. The second-order valence-corrected chi connectivity index (χ2v) is 5.79. The summed E-state index contributed by atoms with van der Waals surface area (Å²) in [6.07, 6.45) is 0.227. The van der Waals surface area contributed by atoms with E-state index in [2.05, 4.69) is 15.9 Å². The molecule has 0 amide bonds. The van der Waals surface area contributed by atoms with Crippen LogP contribution in [0.25, 0.3) is 0 Å². The summed E-state index contributed by atoms with van der Waals surface area (Å²) in [7, 11) is -3.48. The fraction of sp³-hybridized carbons (Fsp3) is 0.333. The number of sulfonamides is 1. The van der Waals surface area contributed by atoms with Gasteiger partial charge in [0.1, 0.15) is 0 Å². The maximum Gasteiger partial charge on any atom is 0.209 e. The molecule has 0 aliphatic rings. The molecule has 0 heterocycles. The Balaban J connectivity index is 2.46. The van der Waals surface area contributed by atoms with E-state index in [1.54, 1.807) is 6.07 Å². The Morgan fingerprint density at radius 2 is 2.12 bits per heavy atom. The third-order valence-corrected chi connectivity index (χ3v) is 3.07. The van der Waals surface area contributed by atoms with E-state index in [1.807, 2.05) is 0 Å². The first-order chi connectivity index (χ1) is 7.38. The highest BCUT2D eigenvalue weighted by atomic mass is 79.9. The average molecular weight is 312 g/mol. The number of ether oxygens (including phenoxy) is 1. The van der Waals surface area contributed by atoms with Gasteiger partial charge in [-0.15, -0.1) is 0 Å². The summed E-state index contributed by atoms with van der Waals surface area (Å²) in [6, 6.07) is 4.29. The van der Waals surface area contributed by atoms with Crippen LogP contribution in [0.4, 0.5) is 4.39 Å². The van der Waals surface area contributed by atoms with Crippen molar-refractivity contribution in [3.63, 3.8) is 0 Å². The van der Waals surface area contributed by atoms with E-state index in [0.717, 1.165) is 0 Å². The van der Waals surface area contributed by atoms with Gasteiger partial charge >= 0.3 is 0 Å². The van der Waals surface area contributed by atoms with Crippen LogP contribution in [0.15, 0.2) is 22.7 Å². The van der Waals surface area contributed by atoms with Crippen LogP contribution in [-0.4, -0.2) is 20.8 Å². The zero-order valence-electron chi connectivity index (χ0n) is 8.32. The Morgan fingerprint density at radius 3 is 2.75 bits per heavy atom. The van der Waals surface area contributed by atoms with Crippen LogP contribution in [-0.2, 0) is 10.0 Å². The molecular formula is C9H11BrFNO3S. The van der Waals surface area contributed by atoms with E-state index in [1.165, 1.54) is 12.1 Å². The standard InChI is InChI=1S/C9H11BrFNO3S/c10-7-2-3-8(11)9(6-7)15-4-1-5-16(12,13)14/h2-3,6H,1,4-5H2,(H2,12,13,14). The second-order valence-electron chi connectivity index (χ2n) is 3.14. The number of nitrogens with two attached hydrogens (primary N) is 1. The third-order valence-electron chi connectivity index (χ3n) is 1.72. The molecular weight excluding hydrogens is 301 g/mol. The predicted octanol–water partition coefficient (Wildman–Crippen LogP) is 1.65. The van der Waals surface area contributed by atoms with Crippen molar-refractivity contribution < 1.29 is 17.5 Å². The van der Waals surface area contributed by atoms with Gasteiger partial charge in [0.25, 0.3) is 0 Å². The van der Waals surface area contributed by atoms with E-state index >= 15 is 0 Å². The second kappa shape index (κ2) is 5.60. The number of primary sulfonamides is 1. The Kier molecular flexibility index (Phi) is 4.69. The Morgan fingerprint density at radius 1 is 1.44 bits per heavy atom. The number of hydrogen-bond acceptors (Lipinski definition) is 3. The monoisotopic (exact) mass is 311 g/mol. The summed E-state index contributed by atoms with van der Waals surface area (Å²) >= 11 is 3.17. The van der Waals surface area contributed by atoms with Crippen LogP contribution in [0.2, 0.25) is 0 Å². The molecule has 0 fully saturated rings. The van der Waals surface area contributed by atoms with Crippen molar-refractivity contribution in [2.45, 2.75) is 6.42 Å². The van der Waals surface area contributed by atoms with Crippen LogP contribution in [0.3, 0.4) is 0 Å². The molecule has 4 nitrogen and oxygen atoms in total. The molecule has 1 aromatic carbocycles. The lowest BCUT2D eigenvalue weighted by atomic mass is 10.3. The fourth-order valence-electron chi connectivity index (χ4n) is 1.03. The molecule has 0 radical (unpaired) electrons. The van der Waals surface area contributed by atoms with Crippen LogP contribution < -0.4 is 9.88 Å². The molecule has 0 spiro atoms. The van der Waals surface area contributed by atoms with Gasteiger partial charge in [0.05, 0.1) is 12.4 Å². The molecule has 0 saturated heterocycles. The van der Waals surface area contributed by atoms with Gasteiger partial charge in [0.15, 0.2) is 11.6 Å². The molecule has 90 valence electrons. The van der Waals surface area contributed by atoms with Crippen molar-refractivity contribution >= 4 is 26.0 Å². The zero-order valence-corrected chi connectivity index (χ0v) is 10.7. The van der Waals surface area contributed by atoms with Gasteiger partial charge in [-0.25, -0.2) is 17.9 Å². The molecule has 0 aliphatic heterocycles. The molecule has 1 rings (SSSR count). The highest BCUT2D eigenvalue weighted by molar-refractivity contribution is 9.10. The first-order valence-electron chi connectivity index (χ1n) is 4.47. The quantitative estimate of drug-likeness (QED) is 0.841. The van der Waals surface area contributed by atoms with Crippen LogP contribution in [0.1, 0.15) is 6.42 Å². The molecule has 0 aliphatic carbocycles. The Hall–Kier alpha value is -0.660. The maximum atomic E-state index is 13.1. The number of halogens is 2. The summed E-state index contributed by atoms with van der Waals surface area (Å²) in [5, 5.41) is 4.80. The molecule has 7 heteroatoms. The SMILES string of the molecule is NS(=O)(=O)CCCOc1cc(Br)ccc1F. The Bertz CT molecular complexity index is 464. The lowest BCUT2D eigenvalue weighted by Gasteiger charge is -2.06. The van der Waals surface area contributed by atoms with Gasteiger partial charge in [0, 0.05) is 4.47 Å². The van der Waals surface area contributed by atoms with Crippen molar-refractivity contribution in [3.8, 4) is 5.75 Å². The summed E-state index contributed by atoms with van der Waals surface area (Å²) in [6.45, 7) is 0.101. The summed E-state index contributed by atoms with van der Waals surface area (Å²) in [5.74, 6) is -0.578. The largest absolute Gasteiger partial charge is 0.490 e. The minimum atomic E-state index is -3.48. The average Bonchev–Trinajstić information content (AvgIpc) is 2.16. The summed E-state index contributed by atoms with van der Waals surface area (Å²) in [5.41, 5.74) is 0. The van der Waals surface area contributed by atoms with E-state index in [0.29, 0.717) is 4.47 Å². The third kappa shape index (κ3) is 4.91. The van der Waals surface area contributed by atoms with E-state index < -0.39 is 15.8 Å². The highest BCUT2D eigenvalue weighted by Gasteiger charge is 2.05. The zero-order chi connectivity index (χ0) is 12.2. The van der Waals surface area contributed by atoms with E-state index in [-0.39, 0.29) is 24.5 Å². The van der Waals surface area contributed by atoms with Crippen molar-refractivity contribution in [3.05, 3.63) is 28.5 Å². The normalized spacial score (nSPS) is 11.4. The van der Waals surface area contributed by atoms with Gasteiger partial charge in [0.2, 0.25) is 10.0 Å². The molecule has 0 atom stereocenters. The first kappa shape index (κ1) is 13.4. The van der Waals surface area contributed by atoms with Crippen molar-refractivity contribution in [1.29, 1.82) is 0 Å². The molecule has 0 aromatic heterocycles. The minimum absolute atomic E-state index is 0.0868. The van der Waals surface area contributed by atoms with Crippen molar-refractivity contribution in [1.82, 2.24) is 0 Å². The lowest BCUT2D eigenvalue weighted by Crippen LogP contribution is -2.18. The number of rotatable bonds is 5. The van der Waals surface area contributed by atoms with Crippen molar-refractivity contribution in [2.75, 3.05) is 12.4 Å². The topological polar surface area (TPSA) is 69.4 Å². The van der Waals surface area contributed by atoms with Gasteiger partial charge < -0.3 is 4.74 Å². The first-order valence-corrected chi connectivity index (χ1v) is 6.97. The number of benzene rings is 1. The molecule has 0 unspecified atom stereocenters. The highest BCUT2D eigenvalue weighted by Crippen LogP contribution is 2.22. The van der Waals surface area contributed by atoms with Crippen molar-refractivity contribution in [2.24, 2.45) is 5.14 Å². The minimum Gasteiger partial charge on any atom is -0.490 e. The van der Waals surface area contributed by atoms with E-state index in [9.17, 15) is 12.8 Å². The van der Waals surface area contributed by atoms with Gasteiger partial charge in [-0.3, -0.25) is 0 Å². The molecule has 0 saturated carbocycles. The van der Waals surface area contributed by atoms with Gasteiger partial charge in [-0.2, -0.15) is 0 Å². The maximum absolute atomic E-state index is 13.1. The molecule has 0 bridgehead atoms. The fourth-order valence-corrected chi connectivity index (χ4v) is 1.89. The molecule has 16 heavy (non-hydrogen) atoms. The lowest BCUT2D eigenvalue weighted by molar-refractivity contribution is 0.301. The van der Waals surface area contributed by atoms with Gasteiger partial charge in [-0.05, 0) is 24.6 Å². The predicted molar refractivity (Wildman–Crippen MR) is 62.2 cm³/mol. The molecule has 2 N–H and O–H groups in total. The molecule has 1 aromatic rings. The van der Waals surface area contributed by atoms with Crippen LogP contribution in [0, 0.1) is 5.82 Å². The van der Waals surface area contributed by atoms with E-state index in [4.69, 9.17) is 9.88 Å². The number of hydrogen-bond donors (Lipinski definition) is 1. The smallest absolute Gasteiger partial charge is 0.209 e. The Labute approximate surface area is 102 Å². The summed E-state index contributed by atoms with van der Waals surface area (Å²) < 4.78 is 40.1. The van der Waals surface area contributed by atoms with Crippen LogP contribution in [0.5, 0.6) is 5.75 Å². The van der Waals surface area contributed by atoms with Gasteiger partial charge in [-0.1, -0.05) is 15.9 Å².